The van der Waals surface area contributed by atoms with Crippen molar-refractivity contribution < 1.29 is 15.3 Å². The fraction of sp³-hybridized carbons (Fsp3) is 0.538. The highest BCUT2D eigenvalue weighted by Gasteiger charge is 2.19. The zero-order valence-corrected chi connectivity index (χ0v) is 11.6. The van der Waals surface area contributed by atoms with E-state index in [4.69, 9.17) is 15.5 Å². The molecule has 0 spiro atoms. The summed E-state index contributed by atoms with van der Waals surface area (Å²) in [4.78, 5) is 13.5. The van der Waals surface area contributed by atoms with Crippen molar-refractivity contribution in [2.45, 2.75) is 13.5 Å². The molecule has 1 aromatic rings. The molecule has 1 aromatic heterocycles. The average Bonchev–Trinajstić information content (AvgIpc) is 2.42. The van der Waals surface area contributed by atoms with Crippen LogP contribution in [0, 0.1) is 18.3 Å². The summed E-state index contributed by atoms with van der Waals surface area (Å²) in [6, 6.07) is 1.85. The van der Waals surface area contributed by atoms with E-state index in [1.165, 1.54) is 7.05 Å². The summed E-state index contributed by atoms with van der Waals surface area (Å²) >= 11 is 0. The summed E-state index contributed by atoms with van der Waals surface area (Å²) in [7, 11) is 1.39. The summed E-state index contributed by atoms with van der Waals surface area (Å²) in [6.45, 7) is 2.31. The van der Waals surface area contributed by atoms with Crippen molar-refractivity contribution in [1.29, 1.82) is 5.26 Å². The van der Waals surface area contributed by atoms with Gasteiger partial charge < -0.3 is 15.3 Å². The van der Waals surface area contributed by atoms with E-state index >= 15 is 0 Å². The fourth-order valence-corrected chi connectivity index (χ4v) is 2.04. The van der Waals surface area contributed by atoms with Crippen molar-refractivity contribution in [2.75, 3.05) is 26.3 Å². The molecule has 0 aliphatic heterocycles. The molecule has 7 nitrogen and oxygen atoms in total. The van der Waals surface area contributed by atoms with Gasteiger partial charge in [-0.25, -0.2) is 0 Å². The highest BCUT2D eigenvalue weighted by atomic mass is 16.3. The number of nitrogens with zero attached hydrogens (tertiary/aromatic N) is 3. The van der Waals surface area contributed by atoms with Gasteiger partial charge in [-0.1, -0.05) is 0 Å². The molecule has 20 heavy (non-hydrogen) atoms. The maximum absolute atomic E-state index is 11.8. The van der Waals surface area contributed by atoms with E-state index in [2.05, 4.69) is 0 Å². The van der Waals surface area contributed by atoms with Crippen LogP contribution in [0.5, 0.6) is 5.88 Å². The zero-order chi connectivity index (χ0) is 15.3. The first-order valence-corrected chi connectivity index (χ1v) is 6.23. The molecule has 0 aromatic carbocycles. The van der Waals surface area contributed by atoms with Gasteiger partial charge in [0.15, 0.2) is 5.88 Å². The molecule has 0 saturated carbocycles. The van der Waals surface area contributed by atoms with Gasteiger partial charge in [0.1, 0.15) is 11.6 Å². The molecule has 0 aliphatic rings. The first-order valence-electron chi connectivity index (χ1n) is 6.23. The Morgan fingerprint density at radius 1 is 1.30 bits per heavy atom. The van der Waals surface area contributed by atoms with Gasteiger partial charge in [-0.05, 0) is 12.5 Å². The first-order chi connectivity index (χ1) is 9.47. The van der Waals surface area contributed by atoms with Crippen LogP contribution in [-0.4, -0.2) is 51.1 Å². The molecular weight excluding hydrogens is 262 g/mol. The van der Waals surface area contributed by atoms with Crippen LogP contribution < -0.4 is 5.56 Å². The number of aliphatic hydroxyl groups is 2. The maximum atomic E-state index is 11.8. The van der Waals surface area contributed by atoms with E-state index in [1.807, 2.05) is 6.07 Å². The molecule has 110 valence electrons. The molecular formula is C13H19N3O4. The third-order valence-corrected chi connectivity index (χ3v) is 3.26. The SMILES string of the molecule is Cc1c(CN(CCO)CCO)c(O)n(C)c(=O)c1C#N. The Bertz CT molecular complexity index is 568. The third-order valence-electron chi connectivity index (χ3n) is 3.26. The van der Waals surface area contributed by atoms with E-state index in [1.54, 1.807) is 11.8 Å². The summed E-state index contributed by atoms with van der Waals surface area (Å²) in [5, 5.41) is 37.1. The summed E-state index contributed by atoms with van der Waals surface area (Å²) < 4.78 is 1.02. The van der Waals surface area contributed by atoms with Gasteiger partial charge in [0.2, 0.25) is 0 Å². The number of rotatable bonds is 6. The third kappa shape index (κ3) is 3.17. The lowest BCUT2D eigenvalue weighted by atomic mass is 10.0. The molecule has 0 amide bonds. The van der Waals surface area contributed by atoms with Crippen LogP contribution in [0.3, 0.4) is 0 Å². The van der Waals surface area contributed by atoms with Gasteiger partial charge >= 0.3 is 0 Å². The summed E-state index contributed by atoms with van der Waals surface area (Å²) in [5.74, 6) is -0.202. The Morgan fingerprint density at radius 2 is 1.85 bits per heavy atom. The second kappa shape index (κ2) is 7.05. The average molecular weight is 281 g/mol. The number of nitriles is 1. The summed E-state index contributed by atoms with van der Waals surface area (Å²) in [5.41, 5.74) is 0.329. The predicted octanol–water partition coefficient (Wildman–Crippen LogP) is -0.942. The Kier molecular flexibility index (Phi) is 5.70. The molecule has 7 heteroatoms. The number of aromatic hydroxyl groups is 1. The molecule has 0 bridgehead atoms. The second-order valence-corrected chi connectivity index (χ2v) is 4.50. The summed E-state index contributed by atoms with van der Waals surface area (Å²) in [6.07, 6.45) is 0. The number of hydrogen-bond donors (Lipinski definition) is 3. The van der Waals surface area contributed by atoms with Crippen molar-refractivity contribution in [1.82, 2.24) is 9.47 Å². The van der Waals surface area contributed by atoms with Crippen LogP contribution in [-0.2, 0) is 13.6 Å². The van der Waals surface area contributed by atoms with E-state index in [9.17, 15) is 9.90 Å². The minimum atomic E-state index is -0.540. The van der Waals surface area contributed by atoms with Gasteiger partial charge in [-0.3, -0.25) is 14.3 Å². The predicted molar refractivity (Wildman–Crippen MR) is 72.2 cm³/mol. The molecule has 1 heterocycles. The van der Waals surface area contributed by atoms with Gasteiger partial charge in [0.25, 0.3) is 5.56 Å². The Morgan fingerprint density at radius 3 is 2.30 bits per heavy atom. The van der Waals surface area contributed by atoms with Crippen molar-refractivity contribution in [3.8, 4) is 11.9 Å². The van der Waals surface area contributed by atoms with Crippen molar-refractivity contribution >= 4 is 0 Å². The first kappa shape index (κ1) is 16.2. The maximum Gasteiger partial charge on any atom is 0.271 e. The Hall–Kier alpha value is -1.88. The van der Waals surface area contributed by atoms with E-state index in [0.29, 0.717) is 24.2 Å². The molecule has 0 radical (unpaired) electrons. The van der Waals surface area contributed by atoms with Crippen LogP contribution in [0.25, 0.3) is 0 Å². The van der Waals surface area contributed by atoms with Crippen LogP contribution in [0.1, 0.15) is 16.7 Å². The lowest BCUT2D eigenvalue weighted by molar-refractivity contribution is 0.154. The standard InChI is InChI=1S/C13H19N3O4/c1-9-10(7-14)12(19)15(2)13(20)11(9)8-16(3-5-17)4-6-18/h17-18,20H,3-6,8H2,1-2H3. The molecule has 0 fully saturated rings. The zero-order valence-electron chi connectivity index (χ0n) is 11.6. The molecule has 3 N–H and O–H groups in total. The van der Waals surface area contributed by atoms with Crippen molar-refractivity contribution in [3.63, 3.8) is 0 Å². The monoisotopic (exact) mass is 281 g/mol. The van der Waals surface area contributed by atoms with Gasteiger partial charge in [0.05, 0.1) is 13.2 Å². The highest BCUT2D eigenvalue weighted by Crippen LogP contribution is 2.22. The van der Waals surface area contributed by atoms with E-state index in [0.717, 1.165) is 4.57 Å². The topological polar surface area (TPSA) is 110 Å². The molecule has 1 rings (SSSR count). The Balaban J connectivity index is 3.28. The smallest absolute Gasteiger partial charge is 0.271 e. The Labute approximate surface area is 116 Å². The van der Waals surface area contributed by atoms with Crippen molar-refractivity contribution in [3.05, 3.63) is 27.0 Å². The lowest BCUT2D eigenvalue weighted by Gasteiger charge is -2.22. The minimum absolute atomic E-state index is 0.00625. The van der Waals surface area contributed by atoms with Crippen molar-refractivity contribution in [2.24, 2.45) is 7.05 Å². The second-order valence-electron chi connectivity index (χ2n) is 4.50. The quantitative estimate of drug-likeness (QED) is 0.620. The largest absolute Gasteiger partial charge is 0.494 e. The highest BCUT2D eigenvalue weighted by molar-refractivity contribution is 5.45. The van der Waals surface area contributed by atoms with Crippen LogP contribution in [0.15, 0.2) is 4.79 Å². The number of hydrogen-bond acceptors (Lipinski definition) is 6. The molecule has 0 saturated heterocycles. The number of pyridine rings is 1. The van der Waals surface area contributed by atoms with Gasteiger partial charge in [-0.15, -0.1) is 0 Å². The van der Waals surface area contributed by atoms with Gasteiger partial charge in [0, 0.05) is 32.2 Å². The van der Waals surface area contributed by atoms with Gasteiger partial charge in [-0.2, -0.15) is 5.26 Å². The number of aromatic nitrogens is 1. The van der Waals surface area contributed by atoms with Crippen LogP contribution >= 0.6 is 0 Å². The lowest BCUT2D eigenvalue weighted by Crippen LogP contribution is -2.31. The minimum Gasteiger partial charge on any atom is -0.494 e. The molecule has 0 atom stereocenters. The normalized spacial score (nSPS) is 10.8. The van der Waals surface area contributed by atoms with Crippen LogP contribution in [0.2, 0.25) is 0 Å². The molecule has 0 aliphatic carbocycles. The number of aliphatic hydroxyl groups excluding tert-OH is 2. The van der Waals surface area contributed by atoms with Crippen LogP contribution in [0.4, 0.5) is 0 Å². The van der Waals surface area contributed by atoms with E-state index in [-0.39, 0.29) is 31.2 Å². The van der Waals surface area contributed by atoms with E-state index < -0.39 is 5.56 Å². The fourth-order valence-electron chi connectivity index (χ4n) is 2.04. The molecule has 0 unspecified atom stereocenters.